The number of anilines is 2. The van der Waals surface area contributed by atoms with Crippen LogP contribution in [-0.2, 0) is 0 Å². The molecule has 1 aliphatic heterocycles. The maximum atomic E-state index is 2.53. The number of hydrogen-bond acceptors (Lipinski definition) is 1. The summed E-state index contributed by atoms with van der Waals surface area (Å²) in [5.74, 6) is 0. The van der Waals surface area contributed by atoms with Crippen molar-refractivity contribution in [3.05, 3.63) is 174 Å². The molecule has 2 aliphatic rings. The minimum absolute atomic E-state index is 0.282. The van der Waals surface area contributed by atoms with Crippen LogP contribution in [0.15, 0.2) is 152 Å². The van der Waals surface area contributed by atoms with Gasteiger partial charge in [-0.15, -0.1) is 0 Å². The lowest BCUT2D eigenvalue weighted by atomic mass is 9.86. The molecule has 0 fully saturated rings. The molecular formula is C48H34N2. The quantitative estimate of drug-likeness (QED) is 0.187. The molecule has 2 heteroatoms. The van der Waals surface area contributed by atoms with E-state index in [9.17, 15) is 0 Å². The highest BCUT2D eigenvalue weighted by Gasteiger charge is 2.36. The Morgan fingerprint density at radius 2 is 1.30 bits per heavy atom. The topological polar surface area (TPSA) is 7.65 Å². The number of nitrogens with zero attached hydrogens (tertiary/aromatic N) is 2. The Balaban J connectivity index is 1.00. The van der Waals surface area contributed by atoms with Crippen molar-refractivity contribution in [3.8, 4) is 11.1 Å². The number of benzene rings is 7. The Morgan fingerprint density at radius 1 is 0.540 bits per heavy atom. The first-order valence-corrected chi connectivity index (χ1v) is 17.7. The van der Waals surface area contributed by atoms with Gasteiger partial charge in [-0.1, -0.05) is 115 Å². The van der Waals surface area contributed by atoms with Gasteiger partial charge in [0.2, 0.25) is 0 Å². The number of rotatable bonds is 3. The van der Waals surface area contributed by atoms with Crippen LogP contribution in [0.4, 0.5) is 11.4 Å². The molecule has 236 valence electrons. The summed E-state index contributed by atoms with van der Waals surface area (Å²) in [6, 6.07) is 52.2. The zero-order valence-electron chi connectivity index (χ0n) is 28.1. The van der Waals surface area contributed by atoms with E-state index in [4.69, 9.17) is 0 Å². The van der Waals surface area contributed by atoms with E-state index < -0.39 is 0 Å². The highest BCUT2D eigenvalue weighted by Crippen LogP contribution is 2.49. The number of allylic oxidation sites excluding steroid dienone is 2. The number of aryl methyl sites for hydroxylation is 2. The molecule has 3 heterocycles. The predicted molar refractivity (Wildman–Crippen MR) is 213 cm³/mol. The van der Waals surface area contributed by atoms with E-state index in [0.29, 0.717) is 0 Å². The van der Waals surface area contributed by atoms with Crippen LogP contribution in [-0.4, -0.2) is 10.4 Å². The molecule has 0 saturated carbocycles. The van der Waals surface area contributed by atoms with Crippen molar-refractivity contribution < 1.29 is 0 Å². The first-order chi connectivity index (χ1) is 24.6. The lowest BCUT2D eigenvalue weighted by molar-refractivity contribution is 0.840. The highest BCUT2D eigenvalue weighted by atomic mass is 15.2. The zero-order valence-corrected chi connectivity index (χ0v) is 28.1. The number of fused-ring (bicyclic) bond motifs is 10. The van der Waals surface area contributed by atoms with Crippen LogP contribution < -0.4 is 4.90 Å². The standard InChI is InChI=1S/C48H34N2/c1-29-25-31(32-20-24-39-37-13-6-8-17-44(37)49(46(39)27-32)34-11-4-3-5-12-34)19-22-35(29)36-23-21-33-26-43-41-16-10-15-40-38-14-7-9-18-45(38)50(48(40)41)47(43)28-42(33)30(36)2/h3-26,28,46H,27H2,1-2H3. The molecule has 0 radical (unpaired) electrons. The molecule has 9 aromatic rings. The average Bonchev–Trinajstić information content (AvgIpc) is 3.79. The number of aromatic nitrogens is 1. The summed E-state index contributed by atoms with van der Waals surface area (Å²) in [4.78, 5) is 2.53. The van der Waals surface area contributed by atoms with Gasteiger partial charge in [-0.3, -0.25) is 0 Å². The van der Waals surface area contributed by atoms with Gasteiger partial charge in [0.1, 0.15) is 0 Å². The molecular weight excluding hydrogens is 605 g/mol. The van der Waals surface area contributed by atoms with Crippen LogP contribution in [0.5, 0.6) is 0 Å². The third-order valence-electron chi connectivity index (χ3n) is 11.6. The molecule has 2 nitrogen and oxygen atoms in total. The molecule has 0 amide bonds. The third-order valence-corrected chi connectivity index (χ3v) is 11.6. The molecule has 1 atom stereocenters. The van der Waals surface area contributed by atoms with Gasteiger partial charge in [-0.25, -0.2) is 0 Å². The lowest BCUT2D eigenvalue weighted by Crippen LogP contribution is -2.28. The van der Waals surface area contributed by atoms with Gasteiger partial charge in [-0.05, 0) is 106 Å². The molecule has 1 unspecified atom stereocenters. The van der Waals surface area contributed by atoms with E-state index in [-0.39, 0.29) is 6.04 Å². The normalized spacial score (nSPS) is 15.7. The molecule has 2 aromatic heterocycles. The SMILES string of the molecule is Cc1cc(C2=CC=C3c4ccccc4N(c4ccccc4)C3C2)ccc1-c1ccc2cc3c4cccc5c6ccccc6n(c3cc2c1C)c54. The van der Waals surface area contributed by atoms with E-state index in [1.807, 2.05) is 0 Å². The second-order valence-electron chi connectivity index (χ2n) is 14.2. The van der Waals surface area contributed by atoms with Crippen LogP contribution in [0.1, 0.15) is 28.7 Å². The first kappa shape index (κ1) is 27.8. The van der Waals surface area contributed by atoms with Gasteiger partial charge in [0.05, 0.1) is 22.6 Å². The summed E-state index contributed by atoms with van der Waals surface area (Å²) >= 11 is 0. The van der Waals surface area contributed by atoms with E-state index >= 15 is 0 Å². The van der Waals surface area contributed by atoms with E-state index in [1.165, 1.54) is 105 Å². The summed E-state index contributed by atoms with van der Waals surface area (Å²) in [6.45, 7) is 4.58. The van der Waals surface area contributed by atoms with Crippen LogP contribution >= 0.6 is 0 Å². The van der Waals surface area contributed by atoms with Gasteiger partial charge < -0.3 is 9.30 Å². The average molecular weight is 639 g/mol. The fourth-order valence-corrected chi connectivity index (χ4v) is 9.26. The van der Waals surface area contributed by atoms with Crippen LogP contribution in [0.25, 0.3) is 71.1 Å². The van der Waals surface area contributed by atoms with Crippen molar-refractivity contribution in [2.24, 2.45) is 0 Å². The van der Waals surface area contributed by atoms with Crippen molar-refractivity contribution in [1.82, 2.24) is 4.40 Å². The minimum Gasteiger partial charge on any atom is -0.333 e. The van der Waals surface area contributed by atoms with Crippen molar-refractivity contribution >= 4 is 71.4 Å². The van der Waals surface area contributed by atoms with Gasteiger partial charge >= 0.3 is 0 Å². The number of para-hydroxylation sites is 4. The zero-order chi connectivity index (χ0) is 33.1. The fraction of sp³-hybridized carbons (Fsp3) is 0.0833. The number of hydrogen-bond donors (Lipinski definition) is 0. The summed E-state index contributed by atoms with van der Waals surface area (Å²) in [5, 5.41) is 7.92. The van der Waals surface area contributed by atoms with Crippen LogP contribution in [0.3, 0.4) is 0 Å². The summed E-state index contributed by atoms with van der Waals surface area (Å²) in [7, 11) is 0. The van der Waals surface area contributed by atoms with Gasteiger partial charge in [0.15, 0.2) is 0 Å². The summed E-state index contributed by atoms with van der Waals surface area (Å²) in [5.41, 5.74) is 17.1. The molecule has 0 N–H and O–H groups in total. The van der Waals surface area contributed by atoms with E-state index in [2.05, 4.69) is 175 Å². The molecule has 1 aliphatic carbocycles. The van der Waals surface area contributed by atoms with Crippen molar-refractivity contribution in [1.29, 1.82) is 0 Å². The van der Waals surface area contributed by atoms with Gasteiger partial charge in [0, 0.05) is 38.5 Å². The third kappa shape index (κ3) is 3.74. The molecule has 0 bridgehead atoms. The first-order valence-electron chi connectivity index (χ1n) is 17.7. The van der Waals surface area contributed by atoms with Crippen molar-refractivity contribution in [3.63, 3.8) is 0 Å². The molecule has 7 aromatic carbocycles. The van der Waals surface area contributed by atoms with Crippen molar-refractivity contribution in [2.45, 2.75) is 26.3 Å². The Labute approximate surface area is 291 Å². The molecule has 11 rings (SSSR count). The Morgan fingerprint density at radius 3 is 2.18 bits per heavy atom. The monoisotopic (exact) mass is 638 g/mol. The fourth-order valence-electron chi connectivity index (χ4n) is 9.26. The van der Waals surface area contributed by atoms with Gasteiger partial charge in [-0.2, -0.15) is 0 Å². The smallest absolute Gasteiger partial charge is 0.0638 e. The lowest BCUT2D eigenvalue weighted by Gasteiger charge is -2.31. The molecule has 0 saturated heterocycles. The largest absolute Gasteiger partial charge is 0.333 e. The second-order valence-corrected chi connectivity index (χ2v) is 14.2. The van der Waals surface area contributed by atoms with E-state index in [0.717, 1.165) is 6.42 Å². The maximum Gasteiger partial charge on any atom is 0.0638 e. The maximum absolute atomic E-state index is 2.53. The van der Waals surface area contributed by atoms with Crippen LogP contribution in [0.2, 0.25) is 0 Å². The summed E-state index contributed by atoms with van der Waals surface area (Å²) < 4.78 is 2.49. The molecule has 0 spiro atoms. The van der Waals surface area contributed by atoms with Crippen LogP contribution in [0, 0.1) is 13.8 Å². The van der Waals surface area contributed by atoms with E-state index in [1.54, 1.807) is 0 Å². The highest BCUT2D eigenvalue weighted by molar-refractivity contribution is 6.24. The Hall–Kier alpha value is -6.12. The predicted octanol–water partition coefficient (Wildman–Crippen LogP) is 12.7. The summed E-state index contributed by atoms with van der Waals surface area (Å²) in [6.07, 6.45) is 5.69. The molecule has 50 heavy (non-hydrogen) atoms. The second kappa shape index (κ2) is 10.2. The van der Waals surface area contributed by atoms with Crippen molar-refractivity contribution in [2.75, 3.05) is 4.90 Å². The minimum atomic E-state index is 0.282. The van der Waals surface area contributed by atoms with Gasteiger partial charge in [0.25, 0.3) is 0 Å². The Kier molecular flexibility index (Phi) is 5.67. The Bertz CT molecular complexity index is 2920.